The van der Waals surface area contributed by atoms with Crippen LogP contribution >= 0.6 is 0 Å². The predicted molar refractivity (Wildman–Crippen MR) is 94.9 cm³/mol. The normalized spacial score (nSPS) is 10.8. The standard InChI is InChI=1S/C19H21N3O2/c1-4-15-17(22-13-9-12-16(24-3)18(22)20-15)19(23)21(5-2)14-10-7-6-8-11-14/h6-13H,4-5H2,1-3H3. The number of aryl methyl sites for hydroxylation is 1. The number of carbonyl (C=O) groups is 1. The summed E-state index contributed by atoms with van der Waals surface area (Å²) < 4.78 is 7.21. The van der Waals surface area contributed by atoms with Gasteiger partial charge < -0.3 is 9.64 Å². The molecule has 1 amide bonds. The largest absolute Gasteiger partial charge is 0.493 e. The van der Waals surface area contributed by atoms with Gasteiger partial charge in [-0.2, -0.15) is 0 Å². The Morgan fingerprint density at radius 3 is 2.54 bits per heavy atom. The minimum Gasteiger partial charge on any atom is -0.493 e. The molecule has 5 heteroatoms. The fraction of sp³-hybridized carbons (Fsp3) is 0.263. The van der Waals surface area contributed by atoms with Gasteiger partial charge in [-0.05, 0) is 37.6 Å². The molecule has 3 rings (SSSR count). The Hall–Kier alpha value is -2.82. The molecule has 0 spiro atoms. The molecule has 2 aromatic heterocycles. The van der Waals surface area contributed by atoms with E-state index in [1.54, 1.807) is 12.0 Å². The van der Waals surface area contributed by atoms with Gasteiger partial charge in [-0.3, -0.25) is 9.20 Å². The third-order valence-corrected chi connectivity index (χ3v) is 4.07. The molecule has 0 aliphatic heterocycles. The first-order chi connectivity index (χ1) is 11.7. The van der Waals surface area contributed by atoms with Gasteiger partial charge in [0.15, 0.2) is 11.4 Å². The third-order valence-electron chi connectivity index (χ3n) is 4.07. The van der Waals surface area contributed by atoms with Gasteiger partial charge in [0.05, 0.1) is 12.8 Å². The highest BCUT2D eigenvalue weighted by molar-refractivity contribution is 6.06. The molecule has 0 saturated carbocycles. The molecular formula is C19H21N3O2. The lowest BCUT2D eigenvalue weighted by atomic mass is 10.2. The van der Waals surface area contributed by atoms with Gasteiger partial charge in [0.25, 0.3) is 5.91 Å². The van der Waals surface area contributed by atoms with Crippen molar-refractivity contribution < 1.29 is 9.53 Å². The Kier molecular flexibility index (Phi) is 4.51. The molecule has 1 aromatic carbocycles. The molecule has 124 valence electrons. The molecule has 2 heterocycles. The van der Waals surface area contributed by atoms with E-state index in [1.165, 1.54) is 0 Å². The molecule has 0 aliphatic rings. The van der Waals surface area contributed by atoms with Crippen LogP contribution in [-0.4, -0.2) is 28.9 Å². The summed E-state index contributed by atoms with van der Waals surface area (Å²) in [5.74, 6) is 0.607. The number of rotatable bonds is 5. The minimum atomic E-state index is -0.0543. The number of pyridine rings is 1. The lowest BCUT2D eigenvalue weighted by molar-refractivity contribution is 0.0981. The maximum absolute atomic E-state index is 13.3. The number of amides is 1. The average Bonchev–Trinajstić information content (AvgIpc) is 3.01. The van der Waals surface area contributed by atoms with Crippen molar-refractivity contribution in [3.63, 3.8) is 0 Å². The molecule has 0 N–H and O–H groups in total. The monoisotopic (exact) mass is 323 g/mol. The van der Waals surface area contributed by atoms with Crippen molar-refractivity contribution in [2.75, 3.05) is 18.6 Å². The Balaban J connectivity index is 2.15. The second-order valence-electron chi connectivity index (χ2n) is 5.42. The second kappa shape index (κ2) is 6.74. The Labute approximate surface area is 141 Å². The minimum absolute atomic E-state index is 0.0543. The zero-order valence-corrected chi connectivity index (χ0v) is 14.2. The van der Waals surface area contributed by atoms with Gasteiger partial charge in [-0.15, -0.1) is 0 Å². The van der Waals surface area contributed by atoms with E-state index >= 15 is 0 Å². The number of methoxy groups -OCH3 is 1. The van der Waals surface area contributed by atoms with Crippen molar-refractivity contribution in [3.8, 4) is 5.75 Å². The van der Waals surface area contributed by atoms with Crippen molar-refractivity contribution in [2.45, 2.75) is 20.3 Å². The fourth-order valence-corrected chi connectivity index (χ4v) is 2.90. The van der Waals surface area contributed by atoms with Crippen LogP contribution in [-0.2, 0) is 6.42 Å². The number of carbonyl (C=O) groups excluding carboxylic acids is 1. The van der Waals surface area contributed by atoms with Crippen LogP contribution in [0.3, 0.4) is 0 Å². The average molecular weight is 323 g/mol. The Morgan fingerprint density at radius 2 is 1.92 bits per heavy atom. The number of nitrogens with zero attached hydrogens (tertiary/aromatic N) is 3. The van der Waals surface area contributed by atoms with Crippen LogP contribution in [0.5, 0.6) is 5.75 Å². The molecule has 5 nitrogen and oxygen atoms in total. The molecule has 3 aromatic rings. The van der Waals surface area contributed by atoms with Gasteiger partial charge in [-0.1, -0.05) is 25.1 Å². The molecule has 24 heavy (non-hydrogen) atoms. The van der Waals surface area contributed by atoms with E-state index in [0.717, 1.165) is 11.4 Å². The molecule has 0 fully saturated rings. The summed E-state index contributed by atoms with van der Waals surface area (Å²) >= 11 is 0. The van der Waals surface area contributed by atoms with E-state index in [2.05, 4.69) is 4.98 Å². The number of anilines is 1. The number of ether oxygens (including phenoxy) is 1. The highest BCUT2D eigenvalue weighted by Gasteiger charge is 2.24. The molecular weight excluding hydrogens is 302 g/mol. The lowest BCUT2D eigenvalue weighted by Crippen LogP contribution is -2.32. The number of hydrogen-bond donors (Lipinski definition) is 0. The van der Waals surface area contributed by atoms with Crippen molar-refractivity contribution in [1.29, 1.82) is 0 Å². The summed E-state index contributed by atoms with van der Waals surface area (Å²) in [7, 11) is 1.61. The topological polar surface area (TPSA) is 46.8 Å². The van der Waals surface area contributed by atoms with Crippen LogP contribution in [0.25, 0.3) is 5.65 Å². The van der Waals surface area contributed by atoms with Crippen LogP contribution in [0.4, 0.5) is 5.69 Å². The Bertz CT molecular complexity index is 856. The molecule has 0 bridgehead atoms. The van der Waals surface area contributed by atoms with E-state index in [1.807, 2.05) is 66.9 Å². The maximum Gasteiger partial charge on any atom is 0.277 e. The number of imidazole rings is 1. The number of aromatic nitrogens is 2. The van der Waals surface area contributed by atoms with Crippen molar-refractivity contribution in [3.05, 3.63) is 60.0 Å². The van der Waals surface area contributed by atoms with E-state index < -0.39 is 0 Å². The van der Waals surface area contributed by atoms with Crippen LogP contribution in [0.2, 0.25) is 0 Å². The van der Waals surface area contributed by atoms with Crippen molar-refractivity contribution in [2.24, 2.45) is 0 Å². The van der Waals surface area contributed by atoms with E-state index in [4.69, 9.17) is 4.74 Å². The fourth-order valence-electron chi connectivity index (χ4n) is 2.90. The summed E-state index contributed by atoms with van der Waals surface area (Å²) in [5.41, 5.74) is 2.92. The Morgan fingerprint density at radius 1 is 1.17 bits per heavy atom. The van der Waals surface area contributed by atoms with Gasteiger partial charge in [0.2, 0.25) is 0 Å². The number of benzene rings is 1. The molecule has 0 aliphatic carbocycles. The SMILES string of the molecule is CCc1nc2c(OC)cccn2c1C(=O)N(CC)c1ccccc1. The van der Waals surface area contributed by atoms with Gasteiger partial charge >= 0.3 is 0 Å². The van der Waals surface area contributed by atoms with Crippen LogP contribution < -0.4 is 9.64 Å². The van der Waals surface area contributed by atoms with Crippen LogP contribution in [0.15, 0.2) is 48.7 Å². The zero-order valence-electron chi connectivity index (χ0n) is 14.2. The van der Waals surface area contributed by atoms with E-state index in [9.17, 15) is 4.79 Å². The first-order valence-electron chi connectivity index (χ1n) is 8.12. The maximum atomic E-state index is 13.3. The highest BCUT2D eigenvalue weighted by Crippen LogP contribution is 2.25. The smallest absolute Gasteiger partial charge is 0.277 e. The molecule has 0 saturated heterocycles. The summed E-state index contributed by atoms with van der Waals surface area (Å²) in [6.45, 7) is 4.56. The quantitative estimate of drug-likeness (QED) is 0.721. The number of hydrogen-bond acceptors (Lipinski definition) is 3. The first-order valence-corrected chi connectivity index (χ1v) is 8.12. The molecule has 0 unspecified atom stereocenters. The number of para-hydroxylation sites is 1. The lowest BCUT2D eigenvalue weighted by Gasteiger charge is -2.21. The van der Waals surface area contributed by atoms with Crippen molar-refractivity contribution in [1.82, 2.24) is 9.38 Å². The van der Waals surface area contributed by atoms with Gasteiger partial charge in [-0.25, -0.2) is 4.98 Å². The molecule has 0 radical (unpaired) electrons. The summed E-state index contributed by atoms with van der Waals surface area (Å²) in [6.07, 6.45) is 2.54. The van der Waals surface area contributed by atoms with Crippen LogP contribution in [0.1, 0.15) is 30.0 Å². The second-order valence-corrected chi connectivity index (χ2v) is 5.42. The highest BCUT2D eigenvalue weighted by atomic mass is 16.5. The van der Waals surface area contributed by atoms with Gasteiger partial charge in [0.1, 0.15) is 5.69 Å². The predicted octanol–water partition coefficient (Wildman–Crippen LogP) is 3.57. The summed E-state index contributed by atoms with van der Waals surface area (Å²) in [5, 5.41) is 0. The van der Waals surface area contributed by atoms with Crippen molar-refractivity contribution >= 4 is 17.2 Å². The van der Waals surface area contributed by atoms with E-state index in [0.29, 0.717) is 30.1 Å². The van der Waals surface area contributed by atoms with Gasteiger partial charge in [0, 0.05) is 18.4 Å². The summed E-state index contributed by atoms with van der Waals surface area (Å²) in [6, 6.07) is 13.4. The zero-order chi connectivity index (χ0) is 17.1. The number of fused-ring (bicyclic) bond motifs is 1. The van der Waals surface area contributed by atoms with Crippen LogP contribution in [0, 0.1) is 0 Å². The summed E-state index contributed by atoms with van der Waals surface area (Å²) in [4.78, 5) is 19.6. The van der Waals surface area contributed by atoms with E-state index in [-0.39, 0.29) is 5.91 Å². The molecule has 0 atom stereocenters. The third kappa shape index (κ3) is 2.62. The first kappa shape index (κ1) is 16.1.